The normalized spacial score (nSPS) is 9.94. The van der Waals surface area contributed by atoms with Crippen LogP contribution in [0.2, 0.25) is 0 Å². The fraction of sp³-hybridized carbons (Fsp3) is 0.154. The van der Waals surface area contributed by atoms with E-state index in [9.17, 15) is 5.11 Å². The molecule has 1 aromatic heterocycles. The molecule has 1 N–H and O–H groups in total. The van der Waals surface area contributed by atoms with Crippen LogP contribution in [0.1, 0.15) is 11.3 Å². The molecule has 4 heteroatoms. The number of benzene rings is 1. The van der Waals surface area contributed by atoms with Crippen LogP contribution in [-0.2, 0) is 0 Å². The Morgan fingerprint density at radius 3 is 2.65 bits per heavy atom. The molecule has 2 aromatic rings. The Morgan fingerprint density at radius 1 is 1.35 bits per heavy atom. The van der Waals surface area contributed by atoms with Crippen LogP contribution in [0.25, 0.3) is 11.3 Å². The molecule has 0 saturated carbocycles. The summed E-state index contributed by atoms with van der Waals surface area (Å²) < 4.78 is 10.4. The summed E-state index contributed by atoms with van der Waals surface area (Å²) in [6.45, 7) is 1.81. The SMILES string of the molecule is COc1cc(C#N)cc(-c2ccc(C)o2)c1O. The number of ether oxygens (including phenoxy) is 1. The Hall–Kier alpha value is -2.41. The van der Waals surface area contributed by atoms with E-state index in [1.165, 1.54) is 13.2 Å². The molecule has 2 rings (SSSR count). The molecule has 0 fully saturated rings. The van der Waals surface area contributed by atoms with Crippen LogP contribution in [0.3, 0.4) is 0 Å². The van der Waals surface area contributed by atoms with Crippen molar-refractivity contribution in [3.63, 3.8) is 0 Å². The predicted octanol–water partition coefficient (Wildman–Crippen LogP) is 2.84. The summed E-state index contributed by atoms with van der Waals surface area (Å²) in [4.78, 5) is 0. The zero-order chi connectivity index (χ0) is 12.4. The van der Waals surface area contributed by atoms with Crippen molar-refractivity contribution in [3.05, 3.63) is 35.6 Å². The van der Waals surface area contributed by atoms with E-state index in [1.54, 1.807) is 18.2 Å². The first kappa shape index (κ1) is 11.1. The molecular weight excluding hydrogens is 218 g/mol. The summed E-state index contributed by atoms with van der Waals surface area (Å²) in [6, 6.07) is 8.59. The van der Waals surface area contributed by atoms with Gasteiger partial charge in [-0.25, -0.2) is 0 Å². The summed E-state index contributed by atoms with van der Waals surface area (Å²) in [7, 11) is 1.44. The van der Waals surface area contributed by atoms with Gasteiger partial charge in [0.15, 0.2) is 11.5 Å². The van der Waals surface area contributed by atoms with Gasteiger partial charge in [0.2, 0.25) is 0 Å². The Bertz CT molecular complexity index is 593. The van der Waals surface area contributed by atoms with Crippen LogP contribution in [0.4, 0.5) is 0 Å². The van der Waals surface area contributed by atoms with Gasteiger partial charge in [-0.2, -0.15) is 5.26 Å². The number of methoxy groups -OCH3 is 1. The van der Waals surface area contributed by atoms with Crippen molar-refractivity contribution in [1.82, 2.24) is 0 Å². The highest BCUT2D eigenvalue weighted by Crippen LogP contribution is 2.38. The van der Waals surface area contributed by atoms with Gasteiger partial charge in [0.05, 0.1) is 24.3 Å². The molecule has 0 radical (unpaired) electrons. The first-order chi connectivity index (χ1) is 8.15. The second-order valence-corrected chi connectivity index (χ2v) is 3.60. The van der Waals surface area contributed by atoms with E-state index in [4.69, 9.17) is 14.4 Å². The van der Waals surface area contributed by atoms with Gasteiger partial charge in [0, 0.05) is 6.07 Å². The lowest BCUT2D eigenvalue weighted by Gasteiger charge is -2.07. The van der Waals surface area contributed by atoms with Gasteiger partial charge in [0.25, 0.3) is 0 Å². The third-order valence-corrected chi connectivity index (χ3v) is 2.43. The van der Waals surface area contributed by atoms with Crippen LogP contribution in [0.5, 0.6) is 11.5 Å². The molecule has 86 valence electrons. The number of phenolic OH excluding ortho intramolecular Hbond substituents is 1. The lowest BCUT2D eigenvalue weighted by atomic mass is 10.1. The number of aromatic hydroxyl groups is 1. The van der Waals surface area contributed by atoms with Gasteiger partial charge < -0.3 is 14.3 Å². The van der Waals surface area contributed by atoms with E-state index in [1.807, 2.05) is 13.0 Å². The fourth-order valence-corrected chi connectivity index (χ4v) is 1.60. The van der Waals surface area contributed by atoms with Crippen molar-refractivity contribution in [2.45, 2.75) is 6.92 Å². The molecule has 0 aliphatic rings. The van der Waals surface area contributed by atoms with E-state index in [-0.39, 0.29) is 11.5 Å². The van der Waals surface area contributed by atoms with Gasteiger partial charge in [-0.3, -0.25) is 0 Å². The summed E-state index contributed by atoms with van der Waals surface area (Å²) in [5.74, 6) is 1.48. The van der Waals surface area contributed by atoms with Crippen molar-refractivity contribution < 1.29 is 14.3 Å². The molecule has 0 aliphatic heterocycles. The van der Waals surface area contributed by atoms with Crippen molar-refractivity contribution in [1.29, 1.82) is 5.26 Å². The summed E-state index contributed by atoms with van der Waals surface area (Å²) in [6.07, 6.45) is 0. The molecule has 1 heterocycles. The molecule has 0 unspecified atom stereocenters. The average Bonchev–Trinajstić information content (AvgIpc) is 2.76. The number of nitrogens with zero attached hydrogens (tertiary/aromatic N) is 1. The van der Waals surface area contributed by atoms with Gasteiger partial charge in [0.1, 0.15) is 11.5 Å². The number of furan rings is 1. The topological polar surface area (TPSA) is 66.4 Å². The molecule has 1 aromatic carbocycles. The minimum atomic E-state index is -0.0270. The highest BCUT2D eigenvalue weighted by Gasteiger charge is 2.14. The zero-order valence-corrected chi connectivity index (χ0v) is 9.52. The number of nitriles is 1. The summed E-state index contributed by atoms with van der Waals surface area (Å²) in [5, 5.41) is 18.9. The maximum Gasteiger partial charge on any atom is 0.168 e. The maximum absolute atomic E-state index is 9.98. The van der Waals surface area contributed by atoms with E-state index in [0.717, 1.165) is 5.76 Å². The quantitative estimate of drug-likeness (QED) is 0.859. The zero-order valence-electron chi connectivity index (χ0n) is 9.52. The maximum atomic E-state index is 9.98. The molecule has 0 saturated heterocycles. The predicted molar refractivity (Wildman–Crippen MR) is 61.8 cm³/mol. The largest absolute Gasteiger partial charge is 0.504 e. The Kier molecular flexibility index (Phi) is 2.75. The lowest BCUT2D eigenvalue weighted by molar-refractivity contribution is 0.373. The van der Waals surface area contributed by atoms with Crippen LogP contribution >= 0.6 is 0 Å². The average molecular weight is 229 g/mol. The number of rotatable bonds is 2. The number of hydrogen-bond donors (Lipinski definition) is 1. The lowest BCUT2D eigenvalue weighted by Crippen LogP contribution is -1.88. The van der Waals surface area contributed by atoms with E-state index in [2.05, 4.69) is 0 Å². The molecule has 0 spiro atoms. The van der Waals surface area contributed by atoms with Gasteiger partial charge in [-0.05, 0) is 25.1 Å². The third-order valence-electron chi connectivity index (χ3n) is 2.43. The molecular formula is C13H11NO3. The van der Waals surface area contributed by atoms with Crippen LogP contribution in [0.15, 0.2) is 28.7 Å². The molecule has 0 bridgehead atoms. The first-order valence-electron chi connectivity index (χ1n) is 5.03. The van der Waals surface area contributed by atoms with Gasteiger partial charge in [-0.15, -0.1) is 0 Å². The highest BCUT2D eigenvalue weighted by molar-refractivity contribution is 5.72. The Morgan fingerprint density at radius 2 is 2.12 bits per heavy atom. The van der Waals surface area contributed by atoms with Crippen molar-refractivity contribution >= 4 is 0 Å². The fourth-order valence-electron chi connectivity index (χ4n) is 1.60. The van der Waals surface area contributed by atoms with Gasteiger partial charge in [-0.1, -0.05) is 0 Å². The van der Waals surface area contributed by atoms with Gasteiger partial charge >= 0.3 is 0 Å². The molecule has 0 atom stereocenters. The molecule has 0 aliphatic carbocycles. The third kappa shape index (κ3) is 1.95. The second-order valence-electron chi connectivity index (χ2n) is 3.60. The van der Waals surface area contributed by atoms with Crippen molar-refractivity contribution in [2.24, 2.45) is 0 Å². The van der Waals surface area contributed by atoms with Crippen LogP contribution in [-0.4, -0.2) is 12.2 Å². The minimum absolute atomic E-state index is 0.0270. The molecule has 0 amide bonds. The number of hydrogen-bond acceptors (Lipinski definition) is 4. The van der Waals surface area contributed by atoms with Crippen molar-refractivity contribution in [2.75, 3.05) is 7.11 Å². The Balaban J connectivity index is 2.64. The first-order valence-corrected chi connectivity index (χ1v) is 5.03. The number of aryl methyl sites for hydroxylation is 1. The van der Waals surface area contributed by atoms with E-state index >= 15 is 0 Å². The number of phenols is 1. The standard InChI is InChI=1S/C13H11NO3/c1-8-3-4-11(17-8)10-5-9(7-14)6-12(16-2)13(10)15/h3-6,15H,1-2H3. The monoisotopic (exact) mass is 229 g/mol. The summed E-state index contributed by atoms with van der Waals surface area (Å²) in [5.41, 5.74) is 0.859. The van der Waals surface area contributed by atoms with E-state index in [0.29, 0.717) is 16.9 Å². The second kappa shape index (κ2) is 4.22. The summed E-state index contributed by atoms with van der Waals surface area (Å²) >= 11 is 0. The van der Waals surface area contributed by atoms with E-state index < -0.39 is 0 Å². The molecule has 17 heavy (non-hydrogen) atoms. The molecule has 4 nitrogen and oxygen atoms in total. The van der Waals surface area contributed by atoms with Crippen molar-refractivity contribution in [3.8, 4) is 28.9 Å². The van der Waals surface area contributed by atoms with Crippen LogP contribution in [0, 0.1) is 18.3 Å². The smallest absolute Gasteiger partial charge is 0.168 e. The Labute approximate surface area is 98.7 Å². The minimum Gasteiger partial charge on any atom is -0.504 e. The highest BCUT2D eigenvalue weighted by atomic mass is 16.5. The van der Waals surface area contributed by atoms with Crippen LogP contribution < -0.4 is 4.74 Å².